The Labute approximate surface area is 194 Å². The quantitative estimate of drug-likeness (QED) is 0.216. The molecule has 166 valence electrons. The van der Waals surface area contributed by atoms with Crippen LogP contribution in [0, 0.1) is 5.82 Å². The second kappa shape index (κ2) is 12.8. The van der Waals surface area contributed by atoms with Crippen LogP contribution in [0.2, 0.25) is 0 Å². The molecule has 5 nitrogen and oxygen atoms in total. The number of halogens is 5. The molecule has 11 heteroatoms. The van der Waals surface area contributed by atoms with Crippen LogP contribution < -0.4 is 15.4 Å². The zero-order valence-electron chi connectivity index (χ0n) is 16.4. The molecule has 1 heterocycles. The van der Waals surface area contributed by atoms with Crippen LogP contribution in [0.1, 0.15) is 16.7 Å². The first-order valence-corrected chi connectivity index (χ1v) is 10.1. The van der Waals surface area contributed by atoms with E-state index in [9.17, 15) is 17.6 Å². The summed E-state index contributed by atoms with van der Waals surface area (Å²) in [5, 5.41) is 6.13. The van der Waals surface area contributed by atoms with Gasteiger partial charge in [0.25, 0.3) is 0 Å². The third kappa shape index (κ3) is 8.94. The van der Waals surface area contributed by atoms with Gasteiger partial charge in [0.15, 0.2) is 12.6 Å². The highest BCUT2D eigenvalue weighted by molar-refractivity contribution is 14.0. The van der Waals surface area contributed by atoms with Crippen LogP contribution in [0.25, 0.3) is 0 Å². The van der Waals surface area contributed by atoms with Gasteiger partial charge in [0, 0.05) is 37.7 Å². The predicted molar refractivity (Wildman–Crippen MR) is 122 cm³/mol. The van der Waals surface area contributed by atoms with Gasteiger partial charge in [-0.15, -0.1) is 24.0 Å². The summed E-state index contributed by atoms with van der Waals surface area (Å²) in [5.41, 5.74) is 2.28. The number of hydrogen-bond donors (Lipinski definition) is 2. The van der Waals surface area contributed by atoms with Crippen molar-refractivity contribution in [2.45, 2.75) is 25.0 Å². The van der Waals surface area contributed by atoms with Crippen molar-refractivity contribution in [2.24, 2.45) is 4.99 Å². The van der Waals surface area contributed by atoms with E-state index in [0.29, 0.717) is 23.8 Å². The van der Waals surface area contributed by atoms with Gasteiger partial charge in [-0.3, -0.25) is 4.99 Å². The fourth-order valence-electron chi connectivity index (χ4n) is 2.47. The van der Waals surface area contributed by atoms with Gasteiger partial charge >= 0.3 is 6.18 Å². The Hall–Kier alpha value is -1.76. The van der Waals surface area contributed by atoms with Gasteiger partial charge in [0.1, 0.15) is 5.82 Å². The first-order valence-electron chi connectivity index (χ1n) is 8.66. The Morgan fingerprint density at radius 1 is 1.13 bits per heavy atom. The lowest BCUT2D eigenvalue weighted by atomic mass is 10.1. The molecule has 2 aromatic rings. The molecule has 0 aliphatic carbocycles. The van der Waals surface area contributed by atoms with Crippen molar-refractivity contribution in [3.05, 3.63) is 59.0 Å². The summed E-state index contributed by atoms with van der Waals surface area (Å²) in [6.45, 7) is -0.825. The van der Waals surface area contributed by atoms with E-state index in [4.69, 9.17) is 4.74 Å². The molecule has 1 aromatic heterocycles. The lowest BCUT2D eigenvalue weighted by Gasteiger charge is -2.16. The number of nitrogens with one attached hydrogen (secondary N) is 2. The minimum atomic E-state index is -4.44. The summed E-state index contributed by atoms with van der Waals surface area (Å²) in [4.78, 5) is 7.96. The smallest absolute Gasteiger partial charge is 0.422 e. The number of aromatic nitrogens is 1. The molecule has 0 aliphatic rings. The SMILES string of the molecule is CN=C(NCc1ccc(F)cc1CSC)NCc1cccnc1OCC(F)(F)F.I. The zero-order chi connectivity index (χ0) is 21.3. The summed E-state index contributed by atoms with van der Waals surface area (Å²) >= 11 is 1.59. The Balaban J connectivity index is 0.00000450. The van der Waals surface area contributed by atoms with Crippen LogP contribution in [-0.2, 0) is 18.8 Å². The predicted octanol–water partition coefficient (Wildman–Crippen LogP) is 4.51. The molecule has 1 aromatic carbocycles. The molecule has 0 atom stereocenters. The van der Waals surface area contributed by atoms with Crippen molar-refractivity contribution < 1.29 is 22.3 Å². The van der Waals surface area contributed by atoms with Crippen molar-refractivity contribution in [1.82, 2.24) is 15.6 Å². The highest BCUT2D eigenvalue weighted by atomic mass is 127. The number of alkyl halides is 3. The molecule has 0 amide bonds. The number of guanidine groups is 1. The van der Waals surface area contributed by atoms with Crippen molar-refractivity contribution in [1.29, 1.82) is 0 Å². The molecular formula is C19H23F4IN4OS. The van der Waals surface area contributed by atoms with E-state index in [-0.39, 0.29) is 42.2 Å². The summed E-state index contributed by atoms with van der Waals surface area (Å²) in [6, 6.07) is 7.85. The van der Waals surface area contributed by atoms with Gasteiger partial charge in [-0.05, 0) is 35.6 Å². The van der Waals surface area contributed by atoms with Gasteiger partial charge in [-0.25, -0.2) is 9.37 Å². The lowest BCUT2D eigenvalue weighted by Crippen LogP contribution is -2.36. The fraction of sp³-hybridized carbons (Fsp3) is 0.368. The van der Waals surface area contributed by atoms with Gasteiger partial charge in [0.2, 0.25) is 5.88 Å². The molecule has 0 radical (unpaired) electrons. The van der Waals surface area contributed by atoms with E-state index in [0.717, 1.165) is 11.1 Å². The lowest BCUT2D eigenvalue weighted by molar-refractivity contribution is -0.154. The molecule has 0 unspecified atom stereocenters. The maximum absolute atomic E-state index is 13.5. The summed E-state index contributed by atoms with van der Waals surface area (Å²) < 4.78 is 55.4. The Bertz CT molecular complexity index is 836. The highest BCUT2D eigenvalue weighted by Crippen LogP contribution is 2.20. The van der Waals surface area contributed by atoms with Crippen LogP contribution in [0.5, 0.6) is 5.88 Å². The minimum Gasteiger partial charge on any atom is -0.468 e. The molecule has 0 bridgehead atoms. The summed E-state index contributed by atoms with van der Waals surface area (Å²) in [5.74, 6) is 0.739. The number of benzene rings is 1. The molecule has 0 aliphatic heterocycles. The second-order valence-corrected chi connectivity index (χ2v) is 6.86. The maximum atomic E-state index is 13.5. The Morgan fingerprint density at radius 3 is 2.47 bits per heavy atom. The number of rotatable bonds is 8. The Kier molecular flexibility index (Phi) is 11.2. The van der Waals surface area contributed by atoms with E-state index in [1.54, 1.807) is 37.0 Å². The third-order valence-corrected chi connectivity index (χ3v) is 4.41. The van der Waals surface area contributed by atoms with E-state index < -0.39 is 12.8 Å². The second-order valence-electron chi connectivity index (χ2n) is 6.00. The molecule has 0 spiro atoms. The van der Waals surface area contributed by atoms with E-state index in [1.165, 1.54) is 18.3 Å². The van der Waals surface area contributed by atoms with Gasteiger partial charge in [0.05, 0.1) is 0 Å². The topological polar surface area (TPSA) is 58.5 Å². The van der Waals surface area contributed by atoms with Gasteiger partial charge in [-0.2, -0.15) is 24.9 Å². The van der Waals surface area contributed by atoms with E-state index in [2.05, 4.69) is 20.6 Å². The minimum absolute atomic E-state index is 0. The first kappa shape index (κ1) is 26.3. The average molecular weight is 558 g/mol. The largest absolute Gasteiger partial charge is 0.468 e. The number of ether oxygens (including phenoxy) is 1. The monoisotopic (exact) mass is 558 g/mol. The molecular weight excluding hydrogens is 535 g/mol. The molecule has 2 rings (SSSR count). The number of hydrogen-bond acceptors (Lipinski definition) is 4. The van der Waals surface area contributed by atoms with Crippen LogP contribution in [-0.4, -0.2) is 37.0 Å². The number of nitrogens with zero attached hydrogens (tertiary/aromatic N) is 2. The molecule has 0 saturated carbocycles. The van der Waals surface area contributed by atoms with Crippen LogP contribution in [0.3, 0.4) is 0 Å². The highest BCUT2D eigenvalue weighted by Gasteiger charge is 2.29. The summed E-state index contributed by atoms with van der Waals surface area (Å²) in [6.07, 6.45) is -1.14. The van der Waals surface area contributed by atoms with E-state index >= 15 is 0 Å². The molecule has 0 fully saturated rings. The van der Waals surface area contributed by atoms with Crippen molar-refractivity contribution in [2.75, 3.05) is 19.9 Å². The third-order valence-electron chi connectivity index (χ3n) is 3.81. The number of pyridine rings is 1. The molecule has 30 heavy (non-hydrogen) atoms. The normalized spacial score (nSPS) is 11.6. The van der Waals surface area contributed by atoms with Crippen molar-refractivity contribution >= 4 is 41.7 Å². The van der Waals surface area contributed by atoms with Crippen LogP contribution >= 0.6 is 35.7 Å². The maximum Gasteiger partial charge on any atom is 0.422 e. The summed E-state index contributed by atoms with van der Waals surface area (Å²) in [7, 11) is 1.58. The van der Waals surface area contributed by atoms with Crippen molar-refractivity contribution in [3.8, 4) is 5.88 Å². The molecule has 0 saturated heterocycles. The average Bonchev–Trinajstić information content (AvgIpc) is 2.68. The van der Waals surface area contributed by atoms with E-state index in [1.807, 2.05) is 6.26 Å². The van der Waals surface area contributed by atoms with Crippen LogP contribution in [0.15, 0.2) is 41.5 Å². The van der Waals surface area contributed by atoms with Gasteiger partial charge < -0.3 is 15.4 Å². The zero-order valence-corrected chi connectivity index (χ0v) is 19.6. The fourth-order valence-corrected chi connectivity index (χ4v) is 3.05. The number of aliphatic imine (C=N–C) groups is 1. The van der Waals surface area contributed by atoms with Crippen molar-refractivity contribution in [3.63, 3.8) is 0 Å². The Morgan fingerprint density at radius 2 is 1.83 bits per heavy atom. The number of thioether (sulfide) groups is 1. The van der Waals surface area contributed by atoms with Crippen LogP contribution in [0.4, 0.5) is 17.6 Å². The first-order chi connectivity index (χ1) is 13.8. The van der Waals surface area contributed by atoms with Gasteiger partial charge in [-0.1, -0.05) is 12.1 Å². The molecule has 2 N–H and O–H groups in total. The standard InChI is InChI=1S/C19H22F4N4OS.HI/c1-24-18(26-9-13-5-6-16(20)8-15(13)11-29-2)27-10-14-4-3-7-25-17(14)28-12-19(21,22)23;/h3-8H,9-12H2,1-2H3,(H2,24,26,27);1H.